The second kappa shape index (κ2) is 8.64. The van der Waals surface area contributed by atoms with Crippen LogP contribution in [0.5, 0.6) is 0 Å². The highest BCUT2D eigenvalue weighted by atomic mass is 19.1. The van der Waals surface area contributed by atoms with Crippen LogP contribution in [0.3, 0.4) is 0 Å². The third-order valence-corrected chi connectivity index (χ3v) is 5.35. The Morgan fingerprint density at radius 2 is 1.79 bits per heavy atom. The van der Waals surface area contributed by atoms with Crippen molar-refractivity contribution in [1.82, 2.24) is 0 Å². The number of nitrogens with zero attached hydrogens (tertiary/aromatic N) is 2. The molecule has 0 fully saturated rings. The summed E-state index contributed by atoms with van der Waals surface area (Å²) in [6.07, 6.45) is 4.02. The largest absolute Gasteiger partial charge is 0.256 e. The van der Waals surface area contributed by atoms with E-state index in [4.69, 9.17) is 9.98 Å². The van der Waals surface area contributed by atoms with Crippen molar-refractivity contribution in [2.75, 3.05) is 0 Å². The average Bonchev–Trinajstić information content (AvgIpc) is 2.67. The molecule has 0 atom stereocenters. The van der Waals surface area contributed by atoms with Crippen molar-refractivity contribution in [3.8, 4) is 11.1 Å². The summed E-state index contributed by atoms with van der Waals surface area (Å²) in [5, 5.41) is 0. The predicted molar refractivity (Wildman–Crippen MR) is 118 cm³/mol. The zero-order valence-corrected chi connectivity index (χ0v) is 17.6. The van der Waals surface area contributed by atoms with Gasteiger partial charge in [-0.1, -0.05) is 44.9 Å². The summed E-state index contributed by atoms with van der Waals surface area (Å²) < 4.78 is 13.8. The van der Waals surface area contributed by atoms with Crippen LogP contribution in [0.2, 0.25) is 0 Å². The SMILES string of the molecule is CCC/C(C)=C(\CC)N=C(C)C1=Nc2cc(-c3cc(F)ccc3CC)ccc21. The minimum atomic E-state index is -0.205. The van der Waals surface area contributed by atoms with Gasteiger partial charge in [0.05, 0.1) is 17.1 Å². The normalized spacial score (nSPS) is 14.2. The molecule has 0 amide bonds. The third-order valence-electron chi connectivity index (χ3n) is 5.35. The third kappa shape index (κ3) is 3.99. The van der Waals surface area contributed by atoms with Crippen LogP contribution in [0.25, 0.3) is 11.1 Å². The van der Waals surface area contributed by atoms with Gasteiger partial charge in [-0.3, -0.25) is 4.99 Å². The van der Waals surface area contributed by atoms with E-state index in [9.17, 15) is 4.39 Å². The molecule has 0 N–H and O–H groups in total. The van der Waals surface area contributed by atoms with E-state index in [1.54, 1.807) is 6.07 Å². The molecule has 0 spiro atoms. The number of rotatable bonds is 7. The molecule has 1 aliphatic rings. The summed E-state index contributed by atoms with van der Waals surface area (Å²) >= 11 is 0. The first-order chi connectivity index (χ1) is 13.5. The van der Waals surface area contributed by atoms with Gasteiger partial charge in [0, 0.05) is 11.3 Å². The summed E-state index contributed by atoms with van der Waals surface area (Å²) in [7, 11) is 0. The van der Waals surface area contributed by atoms with E-state index < -0.39 is 0 Å². The lowest BCUT2D eigenvalue weighted by Gasteiger charge is -2.20. The maximum Gasteiger partial charge on any atom is 0.123 e. The monoisotopic (exact) mass is 376 g/mol. The molecule has 3 heteroatoms. The van der Waals surface area contributed by atoms with E-state index in [1.165, 1.54) is 17.3 Å². The van der Waals surface area contributed by atoms with Crippen molar-refractivity contribution in [3.63, 3.8) is 0 Å². The lowest BCUT2D eigenvalue weighted by atomic mass is 9.92. The molecule has 0 aromatic heterocycles. The van der Waals surface area contributed by atoms with Gasteiger partial charge in [0.1, 0.15) is 5.82 Å². The Bertz CT molecular complexity index is 980. The number of allylic oxidation sites excluding steroid dienone is 2. The number of aliphatic imine (C=N–C) groups is 2. The Morgan fingerprint density at radius 3 is 2.43 bits per heavy atom. The molecule has 2 aromatic rings. The Labute approximate surface area is 167 Å². The summed E-state index contributed by atoms with van der Waals surface area (Å²) in [5.74, 6) is -0.205. The number of hydrogen-bond donors (Lipinski definition) is 0. The van der Waals surface area contributed by atoms with Gasteiger partial charge < -0.3 is 0 Å². The van der Waals surface area contributed by atoms with E-state index in [-0.39, 0.29) is 5.82 Å². The van der Waals surface area contributed by atoms with Crippen molar-refractivity contribution in [1.29, 1.82) is 0 Å². The molecular weight excluding hydrogens is 347 g/mol. The van der Waals surface area contributed by atoms with Gasteiger partial charge in [-0.15, -0.1) is 0 Å². The van der Waals surface area contributed by atoms with Gasteiger partial charge in [0.25, 0.3) is 0 Å². The Balaban J connectivity index is 1.90. The standard InChI is InChI=1S/C25H29FN2/c1-6-9-16(4)23(8-3)27-17(5)25-21-13-11-19(14-24(21)28-25)22-15-20(26)12-10-18(22)7-2/h10-15H,6-9H2,1-5H3/b23-16+,27-17?. The van der Waals surface area contributed by atoms with Gasteiger partial charge in [0.2, 0.25) is 0 Å². The Hall–Kier alpha value is -2.55. The lowest BCUT2D eigenvalue weighted by molar-refractivity contribution is 0.627. The van der Waals surface area contributed by atoms with E-state index in [1.807, 2.05) is 13.0 Å². The minimum absolute atomic E-state index is 0.205. The van der Waals surface area contributed by atoms with Crippen molar-refractivity contribution in [2.45, 2.75) is 60.3 Å². The molecule has 0 bridgehead atoms. The van der Waals surface area contributed by atoms with Crippen LogP contribution < -0.4 is 0 Å². The van der Waals surface area contributed by atoms with Crippen molar-refractivity contribution >= 4 is 17.1 Å². The first-order valence-corrected chi connectivity index (χ1v) is 10.2. The van der Waals surface area contributed by atoms with E-state index in [2.05, 4.69) is 45.9 Å². The maximum atomic E-state index is 13.8. The van der Waals surface area contributed by atoms with Crippen LogP contribution in [0.1, 0.15) is 65.0 Å². The fourth-order valence-electron chi connectivity index (χ4n) is 3.77. The van der Waals surface area contributed by atoms with E-state index >= 15 is 0 Å². The summed E-state index contributed by atoms with van der Waals surface area (Å²) in [6.45, 7) is 10.6. The molecular formula is C25H29FN2. The Kier molecular flexibility index (Phi) is 6.23. The molecule has 0 saturated carbocycles. The van der Waals surface area contributed by atoms with Crippen LogP contribution in [-0.4, -0.2) is 11.4 Å². The average molecular weight is 377 g/mol. The highest BCUT2D eigenvalue weighted by molar-refractivity contribution is 6.51. The molecule has 0 saturated heterocycles. The quantitative estimate of drug-likeness (QED) is 0.449. The number of fused-ring (bicyclic) bond motifs is 1. The van der Waals surface area contributed by atoms with Crippen molar-refractivity contribution in [2.24, 2.45) is 9.98 Å². The molecule has 2 aromatic carbocycles. The number of halogens is 1. The molecule has 1 heterocycles. The summed E-state index contributed by atoms with van der Waals surface area (Å²) in [6, 6.07) is 11.2. The van der Waals surface area contributed by atoms with Crippen molar-refractivity contribution in [3.05, 3.63) is 64.6 Å². The van der Waals surface area contributed by atoms with Gasteiger partial charge in [-0.25, -0.2) is 9.38 Å². The molecule has 0 aliphatic carbocycles. The van der Waals surface area contributed by atoms with Crippen LogP contribution >= 0.6 is 0 Å². The minimum Gasteiger partial charge on any atom is -0.256 e. The van der Waals surface area contributed by atoms with Crippen LogP contribution in [0, 0.1) is 5.82 Å². The van der Waals surface area contributed by atoms with E-state index in [0.717, 1.165) is 65.0 Å². The van der Waals surface area contributed by atoms with E-state index in [0.29, 0.717) is 0 Å². The fourth-order valence-corrected chi connectivity index (χ4v) is 3.77. The molecule has 1 aliphatic heterocycles. The molecule has 28 heavy (non-hydrogen) atoms. The highest BCUT2D eigenvalue weighted by Gasteiger charge is 2.22. The summed E-state index contributed by atoms with van der Waals surface area (Å²) in [5.41, 5.74) is 9.65. The second-order valence-corrected chi connectivity index (χ2v) is 7.38. The number of aryl methyl sites for hydroxylation is 1. The summed E-state index contributed by atoms with van der Waals surface area (Å²) in [4.78, 5) is 9.58. The van der Waals surface area contributed by atoms with Gasteiger partial charge in [-0.2, -0.15) is 0 Å². The molecule has 0 unspecified atom stereocenters. The zero-order valence-electron chi connectivity index (χ0n) is 17.6. The van der Waals surface area contributed by atoms with Gasteiger partial charge >= 0.3 is 0 Å². The molecule has 2 nitrogen and oxygen atoms in total. The van der Waals surface area contributed by atoms with Crippen LogP contribution in [0.15, 0.2) is 57.7 Å². The topological polar surface area (TPSA) is 24.7 Å². The van der Waals surface area contributed by atoms with Crippen LogP contribution in [0.4, 0.5) is 10.1 Å². The maximum absolute atomic E-state index is 13.8. The number of hydrogen-bond acceptors (Lipinski definition) is 2. The zero-order chi connectivity index (χ0) is 20.3. The molecule has 3 rings (SSSR count). The molecule has 0 radical (unpaired) electrons. The van der Waals surface area contributed by atoms with Gasteiger partial charge in [-0.05, 0) is 74.1 Å². The van der Waals surface area contributed by atoms with Crippen LogP contribution in [-0.2, 0) is 6.42 Å². The fraction of sp³-hybridized carbons (Fsp3) is 0.360. The lowest BCUT2D eigenvalue weighted by Crippen LogP contribution is -2.18. The van der Waals surface area contributed by atoms with Gasteiger partial charge in [0.15, 0.2) is 0 Å². The first kappa shape index (κ1) is 20.2. The van der Waals surface area contributed by atoms with Crippen molar-refractivity contribution < 1.29 is 4.39 Å². The Morgan fingerprint density at radius 1 is 1.00 bits per heavy atom. The predicted octanol–water partition coefficient (Wildman–Crippen LogP) is 7.43. The smallest absolute Gasteiger partial charge is 0.123 e. The highest BCUT2D eigenvalue weighted by Crippen LogP contribution is 2.36. The molecule has 146 valence electrons. The first-order valence-electron chi connectivity index (χ1n) is 10.2. The second-order valence-electron chi connectivity index (χ2n) is 7.38. The number of benzene rings is 2.